The molecule has 0 bridgehead atoms. The van der Waals surface area contributed by atoms with Gasteiger partial charge in [0.25, 0.3) is 0 Å². The Morgan fingerprint density at radius 2 is 2.00 bits per heavy atom. The van der Waals surface area contributed by atoms with Gasteiger partial charge in [0.2, 0.25) is 5.91 Å². The number of nitrogens with one attached hydrogen (secondary N) is 1. The van der Waals surface area contributed by atoms with Crippen molar-refractivity contribution in [2.75, 3.05) is 13.1 Å². The van der Waals surface area contributed by atoms with Crippen molar-refractivity contribution < 1.29 is 4.79 Å². The maximum Gasteiger partial charge on any atom is 0.244 e. The molecule has 1 saturated carbocycles. The first-order valence-corrected chi connectivity index (χ1v) is 9.97. The van der Waals surface area contributed by atoms with Crippen molar-refractivity contribution in [1.82, 2.24) is 10.2 Å². The van der Waals surface area contributed by atoms with Gasteiger partial charge < -0.3 is 16.0 Å². The molecular formula is C20H26ClN3OS. The fourth-order valence-electron chi connectivity index (χ4n) is 4.13. The summed E-state index contributed by atoms with van der Waals surface area (Å²) in [5.41, 5.74) is 8.76. The van der Waals surface area contributed by atoms with E-state index in [-0.39, 0.29) is 18.3 Å². The average molecular weight is 392 g/mol. The number of hydrogen-bond donors (Lipinski definition) is 2. The van der Waals surface area contributed by atoms with Crippen LogP contribution in [-0.2, 0) is 11.3 Å². The summed E-state index contributed by atoms with van der Waals surface area (Å²) in [7, 11) is 0. The first-order chi connectivity index (χ1) is 12.2. The molecule has 6 heteroatoms. The van der Waals surface area contributed by atoms with E-state index in [0.717, 1.165) is 37.9 Å². The summed E-state index contributed by atoms with van der Waals surface area (Å²) in [4.78, 5) is 15.3. The number of amides is 1. The molecule has 2 atom stereocenters. The highest BCUT2D eigenvalue weighted by Crippen LogP contribution is 2.56. The van der Waals surface area contributed by atoms with Crippen LogP contribution in [0.1, 0.15) is 36.4 Å². The minimum Gasteiger partial charge on any atom is -0.333 e. The summed E-state index contributed by atoms with van der Waals surface area (Å²) in [5, 5.41) is 7.64. The Labute approximate surface area is 165 Å². The zero-order chi connectivity index (χ0) is 17.3. The van der Waals surface area contributed by atoms with Crippen LogP contribution in [0, 0.1) is 5.41 Å². The average Bonchev–Trinajstić information content (AvgIpc) is 3.08. The Bertz CT molecular complexity index is 716. The van der Waals surface area contributed by atoms with Crippen molar-refractivity contribution in [2.45, 2.75) is 37.9 Å². The Hall–Kier alpha value is -1.40. The molecular weight excluding hydrogens is 366 g/mol. The quantitative estimate of drug-likeness (QED) is 0.821. The zero-order valence-electron chi connectivity index (χ0n) is 14.8. The highest BCUT2D eigenvalue weighted by molar-refractivity contribution is 7.07. The van der Waals surface area contributed by atoms with Gasteiger partial charge in [0, 0.05) is 12.6 Å². The maximum absolute atomic E-state index is 13.3. The second-order valence-electron chi connectivity index (χ2n) is 7.32. The molecule has 1 aliphatic heterocycles. The number of nitrogens with two attached hydrogens (primary N) is 1. The topological polar surface area (TPSA) is 58.4 Å². The van der Waals surface area contributed by atoms with Crippen LogP contribution in [0.15, 0.2) is 47.2 Å². The summed E-state index contributed by atoms with van der Waals surface area (Å²) in [6.45, 7) is 2.78. The molecule has 4 rings (SSSR count). The highest BCUT2D eigenvalue weighted by atomic mass is 35.5. The van der Waals surface area contributed by atoms with Crippen LogP contribution in [0.2, 0.25) is 0 Å². The third kappa shape index (κ3) is 3.81. The van der Waals surface area contributed by atoms with E-state index in [1.165, 1.54) is 5.56 Å². The first-order valence-electron chi connectivity index (χ1n) is 9.02. The van der Waals surface area contributed by atoms with Crippen LogP contribution in [-0.4, -0.2) is 29.9 Å². The molecule has 2 aromatic rings. The third-order valence-electron chi connectivity index (χ3n) is 5.76. The molecule has 2 unspecified atom stereocenters. The van der Waals surface area contributed by atoms with E-state index in [9.17, 15) is 4.79 Å². The van der Waals surface area contributed by atoms with Gasteiger partial charge in [-0.3, -0.25) is 4.79 Å². The Morgan fingerprint density at radius 1 is 1.27 bits per heavy atom. The summed E-state index contributed by atoms with van der Waals surface area (Å²) >= 11 is 1.68. The van der Waals surface area contributed by atoms with Gasteiger partial charge in [0.1, 0.15) is 6.04 Å². The highest BCUT2D eigenvalue weighted by Gasteiger charge is 2.58. The molecule has 3 N–H and O–H groups in total. The molecule has 1 aromatic heterocycles. The van der Waals surface area contributed by atoms with Crippen LogP contribution in [0.25, 0.3) is 0 Å². The van der Waals surface area contributed by atoms with Crippen LogP contribution < -0.4 is 11.1 Å². The smallest absolute Gasteiger partial charge is 0.244 e. The van der Waals surface area contributed by atoms with Crippen molar-refractivity contribution in [2.24, 2.45) is 11.1 Å². The van der Waals surface area contributed by atoms with Crippen molar-refractivity contribution in [3.8, 4) is 0 Å². The fourth-order valence-corrected chi connectivity index (χ4v) is 4.79. The molecule has 140 valence electrons. The number of hydrogen-bond acceptors (Lipinski definition) is 4. The summed E-state index contributed by atoms with van der Waals surface area (Å²) in [6.07, 6.45) is 3.43. The van der Waals surface area contributed by atoms with E-state index in [2.05, 4.69) is 27.0 Å². The fraction of sp³-hybridized carbons (Fsp3) is 0.450. The molecule has 26 heavy (non-hydrogen) atoms. The Balaban J connectivity index is 0.00000196. The third-order valence-corrected chi connectivity index (χ3v) is 6.50. The van der Waals surface area contributed by atoms with Crippen molar-refractivity contribution >= 4 is 29.7 Å². The van der Waals surface area contributed by atoms with E-state index in [1.807, 2.05) is 30.3 Å². The van der Waals surface area contributed by atoms with Crippen LogP contribution in [0.3, 0.4) is 0 Å². The molecule has 1 aliphatic carbocycles. The van der Waals surface area contributed by atoms with Gasteiger partial charge in [0.05, 0.1) is 0 Å². The van der Waals surface area contributed by atoms with Gasteiger partial charge >= 0.3 is 0 Å². The predicted molar refractivity (Wildman–Crippen MR) is 108 cm³/mol. The lowest BCUT2D eigenvalue weighted by Crippen LogP contribution is -2.43. The minimum absolute atomic E-state index is 0. The first kappa shape index (κ1) is 19.4. The lowest BCUT2D eigenvalue weighted by Gasteiger charge is -2.31. The van der Waals surface area contributed by atoms with E-state index >= 15 is 0 Å². The number of carbonyl (C=O) groups is 1. The molecule has 2 heterocycles. The van der Waals surface area contributed by atoms with E-state index in [4.69, 9.17) is 5.73 Å². The van der Waals surface area contributed by atoms with Gasteiger partial charge in [-0.05, 0) is 65.7 Å². The molecule has 1 saturated heterocycles. The zero-order valence-corrected chi connectivity index (χ0v) is 16.4. The second kappa shape index (κ2) is 8.09. The van der Waals surface area contributed by atoms with E-state index in [1.54, 1.807) is 11.3 Å². The molecule has 1 aromatic carbocycles. The largest absolute Gasteiger partial charge is 0.333 e. The number of rotatable bonds is 5. The predicted octanol–water partition coefficient (Wildman–Crippen LogP) is 3.34. The number of nitrogens with zero attached hydrogens (tertiary/aromatic N) is 1. The molecule has 0 radical (unpaired) electrons. The van der Waals surface area contributed by atoms with Gasteiger partial charge in [-0.25, -0.2) is 0 Å². The molecule has 1 spiro atoms. The Morgan fingerprint density at radius 3 is 2.65 bits per heavy atom. The lowest BCUT2D eigenvalue weighted by molar-refractivity contribution is -0.134. The number of piperidine rings is 1. The van der Waals surface area contributed by atoms with Crippen molar-refractivity contribution in [3.05, 3.63) is 58.3 Å². The standard InChI is InChI=1S/C20H25N3OS.ClH/c21-18(16-4-2-1-3-5-16)19(24)23(13-15-6-11-25-14-15)17-12-20(17)7-9-22-10-8-20;/h1-6,11,14,17-18,22H,7-10,12-13,21H2;1H. The van der Waals surface area contributed by atoms with Crippen LogP contribution in [0.5, 0.6) is 0 Å². The lowest BCUT2D eigenvalue weighted by atomic mass is 9.93. The van der Waals surface area contributed by atoms with E-state index in [0.29, 0.717) is 18.0 Å². The molecule has 2 fully saturated rings. The number of benzene rings is 1. The van der Waals surface area contributed by atoms with Crippen LogP contribution in [0.4, 0.5) is 0 Å². The molecule has 2 aliphatic rings. The SMILES string of the molecule is Cl.NC(C(=O)N(Cc1ccsc1)C1CC12CCNCC2)c1ccccc1. The second-order valence-corrected chi connectivity index (χ2v) is 8.10. The molecule has 4 nitrogen and oxygen atoms in total. The van der Waals surface area contributed by atoms with Gasteiger partial charge in [-0.2, -0.15) is 11.3 Å². The van der Waals surface area contributed by atoms with Crippen LogP contribution >= 0.6 is 23.7 Å². The molecule has 1 amide bonds. The van der Waals surface area contributed by atoms with E-state index < -0.39 is 6.04 Å². The number of carbonyl (C=O) groups excluding carboxylic acids is 1. The van der Waals surface area contributed by atoms with Crippen molar-refractivity contribution in [3.63, 3.8) is 0 Å². The minimum atomic E-state index is -0.584. The normalized spacial score (nSPS) is 21.7. The maximum atomic E-state index is 13.3. The van der Waals surface area contributed by atoms with Gasteiger partial charge in [0.15, 0.2) is 0 Å². The monoisotopic (exact) mass is 391 g/mol. The van der Waals surface area contributed by atoms with Gasteiger partial charge in [-0.15, -0.1) is 12.4 Å². The Kier molecular flexibility index (Phi) is 6.03. The van der Waals surface area contributed by atoms with Gasteiger partial charge in [-0.1, -0.05) is 30.3 Å². The summed E-state index contributed by atoms with van der Waals surface area (Å²) < 4.78 is 0. The summed E-state index contributed by atoms with van der Waals surface area (Å²) in [5.74, 6) is 0.0535. The van der Waals surface area contributed by atoms with Crippen molar-refractivity contribution in [1.29, 1.82) is 0 Å². The number of halogens is 1. The summed E-state index contributed by atoms with van der Waals surface area (Å²) in [6, 6.07) is 11.6. The number of thiophene rings is 1.